The van der Waals surface area contributed by atoms with Gasteiger partial charge in [-0.3, -0.25) is 4.79 Å². The molecule has 1 heterocycles. The van der Waals surface area contributed by atoms with Crippen molar-refractivity contribution in [3.63, 3.8) is 0 Å². The summed E-state index contributed by atoms with van der Waals surface area (Å²) in [5, 5.41) is 2.82. The molecule has 1 aromatic rings. The Morgan fingerprint density at radius 2 is 1.64 bits per heavy atom. The first kappa shape index (κ1) is 21.3. The van der Waals surface area contributed by atoms with E-state index in [1.54, 1.807) is 17.9 Å². The van der Waals surface area contributed by atoms with E-state index in [2.05, 4.69) is 5.32 Å². The van der Waals surface area contributed by atoms with E-state index in [1.165, 1.54) is 26.4 Å². The summed E-state index contributed by atoms with van der Waals surface area (Å²) >= 11 is 0. The predicted molar refractivity (Wildman–Crippen MR) is 99.6 cm³/mol. The molecule has 0 aliphatic carbocycles. The Hall–Kier alpha value is -2.97. The molecule has 1 aromatic carbocycles. The van der Waals surface area contributed by atoms with Crippen molar-refractivity contribution in [1.29, 1.82) is 0 Å². The first-order chi connectivity index (χ1) is 13.5. The molecule has 9 heteroatoms. The molecule has 0 bridgehead atoms. The summed E-state index contributed by atoms with van der Waals surface area (Å²) in [5.41, 5.74) is 0.228. The van der Waals surface area contributed by atoms with Crippen LogP contribution in [0.15, 0.2) is 18.2 Å². The van der Waals surface area contributed by atoms with Gasteiger partial charge in [-0.05, 0) is 31.9 Å². The Morgan fingerprint density at radius 3 is 2.18 bits per heavy atom. The van der Waals surface area contributed by atoms with E-state index in [4.69, 9.17) is 18.9 Å². The molecule has 1 fully saturated rings. The standard InChI is InChI=1S/C19H26N2O7/c1-4-27-19(24)21-7-5-14(6-8-21)20-17(22)12-28-18(23)13-9-15(25-2)11-16(10-13)26-3/h9-11,14H,4-8,12H2,1-3H3,(H,20,22). The number of benzene rings is 1. The van der Waals surface area contributed by atoms with Gasteiger partial charge in [0.1, 0.15) is 11.5 Å². The number of nitrogens with zero attached hydrogens (tertiary/aromatic N) is 1. The van der Waals surface area contributed by atoms with Gasteiger partial charge in [-0.1, -0.05) is 0 Å². The Labute approximate surface area is 163 Å². The lowest BCUT2D eigenvalue weighted by Gasteiger charge is -2.31. The number of methoxy groups -OCH3 is 2. The Bertz CT molecular complexity index is 677. The number of amides is 2. The van der Waals surface area contributed by atoms with Gasteiger partial charge in [0.25, 0.3) is 5.91 Å². The van der Waals surface area contributed by atoms with E-state index >= 15 is 0 Å². The maximum atomic E-state index is 12.2. The van der Waals surface area contributed by atoms with Crippen LogP contribution >= 0.6 is 0 Å². The molecule has 9 nitrogen and oxygen atoms in total. The number of nitrogens with one attached hydrogen (secondary N) is 1. The van der Waals surface area contributed by atoms with Gasteiger partial charge in [-0.25, -0.2) is 9.59 Å². The van der Waals surface area contributed by atoms with Crippen LogP contribution in [0.5, 0.6) is 11.5 Å². The maximum absolute atomic E-state index is 12.2. The lowest BCUT2D eigenvalue weighted by Crippen LogP contribution is -2.47. The van der Waals surface area contributed by atoms with Crippen LogP contribution in [0.2, 0.25) is 0 Å². The lowest BCUT2D eigenvalue weighted by molar-refractivity contribution is -0.125. The largest absolute Gasteiger partial charge is 0.497 e. The van der Waals surface area contributed by atoms with Gasteiger partial charge in [0.05, 0.1) is 26.4 Å². The molecular weight excluding hydrogens is 368 g/mol. The van der Waals surface area contributed by atoms with Crippen molar-refractivity contribution < 1.29 is 33.3 Å². The van der Waals surface area contributed by atoms with E-state index in [-0.39, 0.29) is 17.7 Å². The number of carbonyl (C=O) groups is 3. The number of likely N-dealkylation sites (tertiary alicyclic amines) is 1. The zero-order valence-corrected chi connectivity index (χ0v) is 16.4. The van der Waals surface area contributed by atoms with Crippen LogP contribution in [-0.4, -0.2) is 69.4 Å². The van der Waals surface area contributed by atoms with E-state index < -0.39 is 18.5 Å². The summed E-state index contributed by atoms with van der Waals surface area (Å²) in [5.74, 6) is -0.143. The van der Waals surface area contributed by atoms with Crippen molar-refractivity contribution in [2.75, 3.05) is 40.5 Å². The third-order valence-corrected chi connectivity index (χ3v) is 4.31. The summed E-state index contributed by atoms with van der Waals surface area (Å²) in [6, 6.07) is 4.57. The minimum atomic E-state index is -0.649. The second kappa shape index (κ2) is 10.4. The van der Waals surface area contributed by atoms with E-state index in [9.17, 15) is 14.4 Å². The fraction of sp³-hybridized carbons (Fsp3) is 0.526. The normalized spacial score (nSPS) is 14.2. The molecule has 2 rings (SSSR count). The smallest absolute Gasteiger partial charge is 0.409 e. The van der Waals surface area contributed by atoms with Crippen LogP contribution in [0.1, 0.15) is 30.1 Å². The van der Waals surface area contributed by atoms with Crippen LogP contribution in [0, 0.1) is 0 Å². The van der Waals surface area contributed by atoms with Gasteiger partial charge in [0.2, 0.25) is 0 Å². The highest BCUT2D eigenvalue weighted by molar-refractivity contribution is 5.92. The Balaban J connectivity index is 1.78. The molecule has 2 amide bonds. The molecule has 154 valence electrons. The van der Waals surface area contributed by atoms with Crippen molar-refractivity contribution in [1.82, 2.24) is 10.2 Å². The Kier molecular flexibility index (Phi) is 7.91. The highest BCUT2D eigenvalue weighted by Crippen LogP contribution is 2.23. The second-order valence-corrected chi connectivity index (χ2v) is 6.21. The highest BCUT2D eigenvalue weighted by atomic mass is 16.6. The highest BCUT2D eigenvalue weighted by Gasteiger charge is 2.24. The molecule has 0 atom stereocenters. The van der Waals surface area contributed by atoms with Gasteiger partial charge in [-0.15, -0.1) is 0 Å². The van der Waals surface area contributed by atoms with Crippen LogP contribution < -0.4 is 14.8 Å². The molecule has 1 aliphatic heterocycles. The first-order valence-electron chi connectivity index (χ1n) is 9.08. The monoisotopic (exact) mass is 394 g/mol. The molecule has 1 N–H and O–H groups in total. The summed E-state index contributed by atoms with van der Waals surface area (Å²) in [7, 11) is 2.95. The second-order valence-electron chi connectivity index (χ2n) is 6.21. The van der Waals surface area contributed by atoms with Crippen LogP contribution in [0.4, 0.5) is 4.79 Å². The zero-order chi connectivity index (χ0) is 20.5. The van der Waals surface area contributed by atoms with Gasteiger partial charge in [0.15, 0.2) is 6.61 Å². The average Bonchev–Trinajstić information content (AvgIpc) is 2.72. The molecule has 0 spiro atoms. The van der Waals surface area contributed by atoms with Gasteiger partial charge < -0.3 is 29.2 Å². The molecule has 0 saturated carbocycles. The molecule has 1 aliphatic rings. The summed E-state index contributed by atoms with van der Waals surface area (Å²) < 4.78 is 20.3. The van der Waals surface area contributed by atoms with Crippen LogP contribution in [0.3, 0.4) is 0 Å². The summed E-state index contributed by atoms with van der Waals surface area (Å²) in [6.07, 6.45) is 0.895. The molecular formula is C19H26N2O7. The number of piperidine rings is 1. The van der Waals surface area contributed by atoms with E-state index in [0.29, 0.717) is 44.0 Å². The van der Waals surface area contributed by atoms with Gasteiger partial charge in [-0.2, -0.15) is 0 Å². The third-order valence-electron chi connectivity index (χ3n) is 4.31. The van der Waals surface area contributed by atoms with E-state index in [1.807, 2.05) is 0 Å². The zero-order valence-electron chi connectivity index (χ0n) is 16.4. The summed E-state index contributed by atoms with van der Waals surface area (Å²) in [4.78, 5) is 37.5. The number of hydrogen-bond donors (Lipinski definition) is 1. The number of carbonyl (C=O) groups excluding carboxylic acids is 3. The molecule has 1 saturated heterocycles. The minimum absolute atomic E-state index is 0.0752. The number of hydrogen-bond acceptors (Lipinski definition) is 7. The Morgan fingerprint density at radius 1 is 1.04 bits per heavy atom. The van der Waals surface area contributed by atoms with Crippen LogP contribution in [0.25, 0.3) is 0 Å². The van der Waals surface area contributed by atoms with Gasteiger partial charge >= 0.3 is 12.1 Å². The predicted octanol–water partition coefficient (Wildman–Crippen LogP) is 1.60. The summed E-state index contributed by atoms with van der Waals surface area (Å²) in [6.45, 7) is 2.71. The number of esters is 1. The van der Waals surface area contributed by atoms with Gasteiger partial charge in [0, 0.05) is 25.2 Å². The topological polar surface area (TPSA) is 103 Å². The molecule has 0 aromatic heterocycles. The quantitative estimate of drug-likeness (QED) is 0.701. The van der Waals surface area contributed by atoms with Crippen molar-refractivity contribution in [2.45, 2.75) is 25.8 Å². The van der Waals surface area contributed by atoms with Crippen molar-refractivity contribution in [2.24, 2.45) is 0 Å². The first-order valence-corrected chi connectivity index (χ1v) is 9.08. The maximum Gasteiger partial charge on any atom is 0.409 e. The fourth-order valence-electron chi connectivity index (χ4n) is 2.83. The molecule has 28 heavy (non-hydrogen) atoms. The third kappa shape index (κ3) is 6.04. The minimum Gasteiger partial charge on any atom is -0.497 e. The number of ether oxygens (including phenoxy) is 4. The van der Waals surface area contributed by atoms with Crippen LogP contribution in [-0.2, 0) is 14.3 Å². The average molecular weight is 394 g/mol. The van der Waals surface area contributed by atoms with Crippen molar-refractivity contribution in [3.8, 4) is 11.5 Å². The lowest BCUT2D eigenvalue weighted by atomic mass is 10.1. The molecule has 0 radical (unpaired) electrons. The molecule has 0 unspecified atom stereocenters. The van der Waals surface area contributed by atoms with Crippen molar-refractivity contribution >= 4 is 18.0 Å². The fourth-order valence-corrected chi connectivity index (χ4v) is 2.83. The number of rotatable bonds is 7. The SMILES string of the molecule is CCOC(=O)N1CCC(NC(=O)COC(=O)c2cc(OC)cc(OC)c2)CC1. The van der Waals surface area contributed by atoms with E-state index in [0.717, 1.165) is 0 Å². The van der Waals surface area contributed by atoms with Crippen molar-refractivity contribution in [3.05, 3.63) is 23.8 Å².